The molecule has 0 bridgehead atoms. The number of ether oxygens (including phenoxy) is 2. The van der Waals surface area contributed by atoms with Crippen molar-refractivity contribution in [2.75, 3.05) is 32.6 Å². The third kappa shape index (κ3) is 5.08. The Hall–Kier alpha value is -1.81. The van der Waals surface area contributed by atoms with Gasteiger partial charge in [-0.15, -0.1) is 11.3 Å². The van der Waals surface area contributed by atoms with E-state index in [0.29, 0.717) is 47.5 Å². The third-order valence-corrected chi connectivity index (χ3v) is 8.98. The first-order chi connectivity index (χ1) is 14.2. The Bertz CT molecular complexity index is 978. The highest BCUT2D eigenvalue weighted by Crippen LogP contribution is 2.33. The van der Waals surface area contributed by atoms with Crippen LogP contribution in [0.2, 0.25) is 4.34 Å². The summed E-state index contributed by atoms with van der Waals surface area (Å²) in [7, 11) is -0.434. The summed E-state index contributed by atoms with van der Waals surface area (Å²) in [4.78, 5) is 12.8. The predicted octanol–water partition coefficient (Wildman–Crippen LogP) is 4.09. The monoisotopic (exact) mass is 472 g/mol. The Kier molecular flexibility index (Phi) is 7.28. The highest BCUT2D eigenvalue weighted by Gasteiger charge is 2.34. The van der Waals surface area contributed by atoms with Gasteiger partial charge in [-0.2, -0.15) is 4.31 Å². The molecule has 2 aromatic rings. The SMILES string of the molecule is COc1cc(NC(=O)C(C)C2CCN(S(=O)(=O)c3ccc(Cl)s3)CC2)cc(OC)c1. The van der Waals surface area contributed by atoms with Crippen LogP contribution in [0.15, 0.2) is 34.5 Å². The van der Waals surface area contributed by atoms with Crippen molar-refractivity contribution in [3.8, 4) is 11.5 Å². The summed E-state index contributed by atoms with van der Waals surface area (Å²) >= 11 is 6.94. The van der Waals surface area contributed by atoms with E-state index in [1.54, 1.807) is 38.5 Å². The summed E-state index contributed by atoms with van der Waals surface area (Å²) in [5.74, 6) is 0.893. The lowest BCUT2D eigenvalue weighted by Gasteiger charge is -2.33. The molecule has 0 radical (unpaired) electrons. The Balaban J connectivity index is 1.61. The fourth-order valence-corrected chi connectivity index (χ4v) is 6.64. The summed E-state index contributed by atoms with van der Waals surface area (Å²) in [5.41, 5.74) is 0.595. The second-order valence-corrected chi connectivity index (χ2v) is 11.1. The summed E-state index contributed by atoms with van der Waals surface area (Å²) in [5, 5.41) is 2.91. The van der Waals surface area contributed by atoms with E-state index in [2.05, 4.69) is 5.32 Å². The highest BCUT2D eigenvalue weighted by molar-refractivity contribution is 7.91. The van der Waals surface area contributed by atoms with Gasteiger partial charge in [-0.1, -0.05) is 18.5 Å². The van der Waals surface area contributed by atoms with Crippen molar-refractivity contribution >= 4 is 44.6 Å². The normalized spacial score (nSPS) is 16.8. The number of nitrogens with one attached hydrogen (secondary N) is 1. The Morgan fingerprint density at radius 3 is 2.27 bits per heavy atom. The van der Waals surface area contributed by atoms with Crippen molar-refractivity contribution < 1.29 is 22.7 Å². The minimum Gasteiger partial charge on any atom is -0.497 e. The highest BCUT2D eigenvalue weighted by atomic mass is 35.5. The number of thiophene rings is 1. The molecule has 3 rings (SSSR count). The van der Waals surface area contributed by atoms with E-state index >= 15 is 0 Å². The molecule has 164 valence electrons. The molecule has 1 saturated heterocycles. The Morgan fingerprint density at radius 1 is 1.17 bits per heavy atom. The molecule has 1 amide bonds. The third-order valence-electron chi connectivity index (χ3n) is 5.38. The average Bonchev–Trinajstić information content (AvgIpc) is 3.20. The summed E-state index contributed by atoms with van der Waals surface area (Å²) in [6.07, 6.45) is 1.24. The first-order valence-electron chi connectivity index (χ1n) is 9.54. The van der Waals surface area contributed by atoms with Crippen LogP contribution in [-0.4, -0.2) is 45.9 Å². The molecule has 1 aromatic heterocycles. The fourth-order valence-electron chi connectivity index (χ4n) is 3.53. The molecule has 0 spiro atoms. The molecule has 0 aliphatic carbocycles. The standard InChI is InChI=1S/C20H25ClN2O5S2/c1-13(20(24)22-15-10-16(27-2)12-17(11-15)28-3)14-6-8-23(9-7-14)30(25,26)19-5-4-18(21)29-19/h4-5,10-14H,6-9H2,1-3H3,(H,22,24). The molecule has 1 aliphatic heterocycles. The van der Waals surface area contributed by atoms with E-state index in [-0.39, 0.29) is 22.0 Å². The van der Waals surface area contributed by atoms with E-state index in [4.69, 9.17) is 21.1 Å². The molecule has 2 heterocycles. The van der Waals surface area contributed by atoms with Crippen LogP contribution in [0.4, 0.5) is 5.69 Å². The smallest absolute Gasteiger partial charge is 0.252 e. The number of halogens is 1. The van der Waals surface area contributed by atoms with Gasteiger partial charge < -0.3 is 14.8 Å². The van der Waals surface area contributed by atoms with Crippen LogP contribution in [0, 0.1) is 11.8 Å². The van der Waals surface area contributed by atoms with Crippen molar-refractivity contribution in [1.82, 2.24) is 4.31 Å². The number of nitrogens with zero attached hydrogens (tertiary/aromatic N) is 1. The van der Waals surface area contributed by atoms with Crippen LogP contribution in [0.1, 0.15) is 19.8 Å². The number of amides is 1. The van der Waals surface area contributed by atoms with Gasteiger partial charge in [0.15, 0.2) is 0 Å². The molecular weight excluding hydrogens is 448 g/mol. The largest absolute Gasteiger partial charge is 0.497 e. The predicted molar refractivity (Wildman–Crippen MR) is 118 cm³/mol. The number of hydrogen-bond donors (Lipinski definition) is 1. The summed E-state index contributed by atoms with van der Waals surface area (Å²) in [6.45, 7) is 2.64. The molecule has 30 heavy (non-hydrogen) atoms. The lowest BCUT2D eigenvalue weighted by atomic mass is 9.85. The van der Waals surface area contributed by atoms with Gasteiger partial charge >= 0.3 is 0 Å². The number of hydrogen-bond acceptors (Lipinski definition) is 6. The number of carbonyl (C=O) groups excluding carboxylic acids is 1. The second-order valence-electron chi connectivity index (χ2n) is 7.18. The molecule has 0 saturated carbocycles. The van der Waals surface area contributed by atoms with Crippen molar-refractivity contribution in [3.63, 3.8) is 0 Å². The average molecular weight is 473 g/mol. The molecule has 1 fully saturated rings. The van der Waals surface area contributed by atoms with Crippen LogP contribution in [0.3, 0.4) is 0 Å². The molecule has 1 N–H and O–H groups in total. The van der Waals surface area contributed by atoms with Gasteiger partial charge in [0, 0.05) is 42.9 Å². The molecular formula is C20H25ClN2O5S2. The second kappa shape index (κ2) is 9.55. The zero-order valence-electron chi connectivity index (χ0n) is 17.1. The van der Waals surface area contributed by atoms with Crippen LogP contribution in [0.25, 0.3) is 0 Å². The molecule has 1 atom stereocenters. The van der Waals surface area contributed by atoms with Crippen LogP contribution in [0.5, 0.6) is 11.5 Å². The lowest BCUT2D eigenvalue weighted by molar-refractivity contribution is -0.121. The maximum Gasteiger partial charge on any atom is 0.252 e. The number of carbonyl (C=O) groups is 1. The Labute approximate surface area is 186 Å². The van der Waals surface area contributed by atoms with E-state index in [9.17, 15) is 13.2 Å². The van der Waals surface area contributed by atoms with Crippen LogP contribution >= 0.6 is 22.9 Å². The number of piperidine rings is 1. The van der Waals surface area contributed by atoms with Crippen LogP contribution < -0.4 is 14.8 Å². The number of anilines is 1. The quantitative estimate of drug-likeness (QED) is 0.655. The van der Waals surface area contributed by atoms with Crippen molar-refractivity contribution in [3.05, 3.63) is 34.7 Å². The van der Waals surface area contributed by atoms with Gasteiger partial charge in [-0.3, -0.25) is 4.79 Å². The maximum absolute atomic E-state index is 12.8. The molecule has 1 unspecified atom stereocenters. The first-order valence-corrected chi connectivity index (χ1v) is 12.2. The summed E-state index contributed by atoms with van der Waals surface area (Å²) < 4.78 is 38.1. The maximum atomic E-state index is 12.8. The van der Waals surface area contributed by atoms with Gasteiger partial charge in [0.1, 0.15) is 15.7 Å². The first kappa shape index (κ1) is 22.9. The van der Waals surface area contributed by atoms with Gasteiger partial charge in [0.05, 0.1) is 18.6 Å². The van der Waals surface area contributed by atoms with Gasteiger partial charge in [0.25, 0.3) is 10.0 Å². The minimum absolute atomic E-state index is 0.0934. The number of rotatable bonds is 7. The lowest BCUT2D eigenvalue weighted by Crippen LogP contribution is -2.41. The fraction of sp³-hybridized carbons (Fsp3) is 0.450. The Morgan fingerprint density at radius 2 is 1.77 bits per heavy atom. The number of benzene rings is 1. The van der Waals surface area contributed by atoms with Gasteiger partial charge in [-0.05, 0) is 30.9 Å². The molecule has 1 aliphatic rings. The van der Waals surface area contributed by atoms with Gasteiger partial charge in [0.2, 0.25) is 5.91 Å². The van der Waals surface area contributed by atoms with Crippen molar-refractivity contribution in [1.29, 1.82) is 0 Å². The van der Waals surface area contributed by atoms with E-state index in [0.717, 1.165) is 11.3 Å². The minimum atomic E-state index is -3.54. The van der Waals surface area contributed by atoms with Crippen LogP contribution in [-0.2, 0) is 14.8 Å². The topological polar surface area (TPSA) is 84.9 Å². The summed E-state index contributed by atoms with van der Waals surface area (Å²) in [6, 6.07) is 8.32. The van der Waals surface area contributed by atoms with Crippen molar-refractivity contribution in [2.24, 2.45) is 11.8 Å². The number of sulfonamides is 1. The zero-order chi connectivity index (χ0) is 21.9. The van der Waals surface area contributed by atoms with E-state index in [1.807, 2.05) is 6.92 Å². The molecule has 1 aromatic carbocycles. The van der Waals surface area contributed by atoms with E-state index < -0.39 is 10.0 Å². The zero-order valence-corrected chi connectivity index (χ0v) is 19.4. The van der Waals surface area contributed by atoms with Gasteiger partial charge in [-0.25, -0.2) is 8.42 Å². The van der Waals surface area contributed by atoms with Crippen molar-refractivity contribution in [2.45, 2.75) is 24.0 Å². The molecule has 10 heteroatoms. The van der Waals surface area contributed by atoms with E-state index in [1.165, 1.54) is 10.4 Å². The number of methoxy groups -OCH3 is 2. The molecule has 7 nitrogen and oxygen atoms in total.